The highest BCUT2D eigenvalue weighted by molar-refractivity contribution is 5.85. The zero-order valence-electron chi connectivity index (χ0n) is 17.5. The molecule has 2 aromatic rings. The van der Waals surface area contributed by atoms with Gasteiger partial charge < -0.3 is 35.8 Å². The molecule has 0 aliphatic heterocycles. The monoisotopic (exact) mass is 479 g/mol. The molecule has 0 radical (unpaired) electrons. The summed E-state index contributed by atoms with van der Waals surface area (Å²) < 4.78 is 11.0. The Morgan fingerprint density at radius 2 is 1.31 bits per heavy atom. The Morgan fingerprint density at radius 3 is 1.59 bits per heavy atom. The van der Waals surface area contributed by atoms with E-state index in [4.69, 9.17) is 15.3 Å². The molecule has 0 bridgehead atoms. The second-order valence-corrected chi connectivity index (χ2v) is 5.57. The lowest BCUT2D eigenvalue weighted by Gasteiger charge is -2.13. The van der Waals surface area contributed by atoms with Gasteiger partial charge >= 0.3 is 24.1 Å². The third-order valence-corrected chi connectivity index (χ3v) is 3.39. The fourth-order valence-corrected chi connectivity index (χ4v) is 1.72. The topological polar surface area (TPSA) is 197 Å². The molecular weight excluding hydrogens is 452 g/mol. The number of nitrogens with one attached hydrogen (secondary N) is 1. The maximum Gasteiger partial charge on any atom is 0.415 e. The lowest BCUT2D eigenvalue weighted by Crippen LogP contribution is -2.67. The number of ether oxygens (including phenoxy) is 2. The zero-order chi connectivity index (χ0) is 23.8. The number of aliphatic hydroxyl groups is 2. The lowest BCUT2D eigenvalue weighted by atomic mass is 10.3. The molecule has 0 aliphatic rings. The van der Waals surface area contributed by atoms with E-state index in [1.165, 1.54) is 43.6 Å². The van der Waals surface area contributed by atoms with Crippen molar-refractivity contribution in [2.24, 2.45) is 0 Å². The number of hydrogen-bond acceptors (Lipinski definition) is 8. The Morgan fingerprint density at radius 1 is 0.875 bits per heavy atom. The van der Waals surface area contributed by atoms with Gasteiger partial charge in [0.25, 0.3) is 0 Å². The Bertz CT molecular complexity index is 797. The van der Waals surface area contributed by atoms with Gasteiger partial charge in [0.2, 0.25) is 6.04 Å². The van der Waals surface area contributed by atoms with Crippen LogP contribution in [0.5, 0.6) is 0 Å². The summed E-state index contributed by atoms with van der Waals surface area (Å²) in [5, 5.41) is 27.7. The number of carboxylic acid groups (broad SMARTS) is 1. The van der Waals surface area contributed by atoms with Gasteiger partial charge in [0.05, 0.1) is 20.8 Å². The fourth-order valence-electron chi connectivity index (χ4n) is 1.72. The molecular formula is C18H28ClN4O9+. The van der Waals surface area contributed by atoms with Crippen molar-refractivity contribution in [3.8, 4) is 0 Å². The second-order valence-electron chi connectivity index (χ2n) is 5.57. The average molecular weight is 480 g/mol. The number of amides is 1. The van der Waals surface area contributed by atoms with Crippen molar-refractivity contribution in [3.63, 3.8) is 0 Å². The molecule has 0 saturated carbocycles. The zero-order valence-corrected chi connectivity index (χ0v) is 18.3. The van der Waals surface area contributed by atoms with Crippen molar-refractivity contribution in [1.82, 2.24) is 14.5 Å². The van der Waals surface area contributed by atoms with Gasteiger partial charge in [-0.2, -0.15) is 0 Å². The van der Waals surface area contributed by atoms with Crippen LogP contribution in [0.2, 0.25) is 0 Å². The number of carbonyl (C=O) groups is 4. The molecule has 13 nitrogen and oxygen atoms in total. The molecule has 14 heteroatoms. The number of aliphatic hydroxyl groups excluding tert-OH is 2. The maximum absolute atomic E-state index is 11.4. The lowest BCUT2D eigenvalue weighted by molar-refractivity contribution is -0.413. The number of hydrogen-bond donors (Lipinski definition) is 5. The first-order valence-corrected chi connectivity index (χ1v) is 8.72. The van der Waals surface area contributed by atoms with E-state index in [2.05, 4.69) is 20.5 Å². The Labute approximate surface area is 189 Å². The first-order valence-electron chi connectivity index (χ1n) is 8.72. The van der Waals surface area contributed by atoms with Crippen molar-refractivity contribution in [1.29, 1.82) is 0 Å². The number of methoxy groups -OCH3 is 2. The minimum absolute atomic E-state index is 0. The van der Waals surface area contributed by atoms with Crippen LogP contribution in [0.3, 0.4) is 0 Å². The fraction of sp³-hybridized carbons (Fsp3) is 0.333. The maximum atomic E-state index is 11.4. The van der Waals surface area contributed by atoms with Crippen LogP contribution in [-0.2, 0) is 19.1 Å². The first-order chi connectivity index (χ1) is 14.7. The van der Waals surface area contributed by atoms with Crippen LogP contribution in [0.1, 0.15) is 0 Å². The number of carbonyl (C=O) groups excluding carboxylic acids is 3. The molecule has 7 N–H and O–H groups in total. The minimum Gasteiger partial charge on any atom is -0.467 e. The number of rotatable bonds is 5. The van der Waals surface area contributed by atoms with Gasteiger partial charge in [-0.3, -0.25) is 9.13 Å². The summed E-state index contributed by atoms with van der Waals surface area (Å²) in [6.07, 6.45) is 5.06. The molecule has 0 saturated heterocycles. The smallest absolute Gasteiger partial charge is 0.415 e. The molecule has 2 heterocycles. The van der Waals surface area contributed by atoms with Crippen LogP contribution < -0.4 is 11.1 Å². The van der Waals surface area contributed by atoms with Crippen LogP contribution in [0, 0.1) is 0 Å². The van der Waals surface area contributed by atoms with Crippen LogP contribution in [0.4, 0.5) is 9.59 Å². The van der Waals surface area contributed by atoms with Crippen molar-refractivity contribution >= 4 is 36.5 Å². The van der Waals surface area contributed by atoms with E-state index in [1.807, 2.05) is 0 Å². The molecule has 0 aliphatic carbocycles. The summed E-state index contributed by atoms with van der Waals surface area (Å²) in [4.78, 5) is 42.8. The van der Waals surface area contributed by atoms with Crippen molar-refractivity contribution in [3.05, 3.63) is 49.1 Å². The Balaban J connectivity index is 0. The van der Waals surface area contributed by atoms with Crippen molar-refractivity contribution in [2.45, 2.75) is 12.1 Å². The third kappa shape index (κ3) is 11.7. The third-order valence-electron chi connectivity index (χ3n) is 3.39. The van der Waals surface area contributed by atoms with Crippen LogP contribution in [0.15, 0.2) is 49.1 Å². The normalized spacial score (nSPS) is 11.0. The Hall–Kier alpha value is -3.39. The molecule has 180 valence electrons. The van der Waals surface area contributed by atoms with Crippen molar-refractivity contribution in [2.75, 3.05) is 27.4 Å². The summed E-state index contributed by atoms with van der Waals surface area (Å²) in [6.45, 7) is -0.758. The molecule has 0 fully saturated rings. The average Bonchev–Trinajstić information content (AvgIpc) is 3.50. The minimum atomic E-state index is -1.04. The number of nitrogens with zero attached hydrogens (tertiary/aromatic N) is 2. The summed E-state index contributed by atoms with van der Waals surface area (Å²) >= 11 is 0. The van der Waals surface area contributed by atoms with Gasteiger partial charge in [-0.1, -0.05) is 0 Å². The first kappa shape index (κ1) is 30.8. The van der Waals surface area contributed by atoms with E-state index in [0.29, 0.717) is 0 Å². The molecule has 0 spiro atoms. The molecule has 32 heavy (non-hydrogen) atoms. The Kier molecular flexibility index (Phi) is 16.7. The van der Waals surface area contributed by atoms with Gasteiger partial charge in [-0.05, 0) is 24.3 Å². The van der Waals surface area contributed by atoms with E-state index in [0.717, 1.165) is 4.57 Å². The standard InChI is InChI=1S/C9H12N2O4.C5H5NO2.C4H9NO3.ClH/c1-15-8(13)7(6-12)10-9(14)11-4-2-3-5-11;7-5(8)6-3-1-2-4-6;1-8-4(7)3(5)2-6;/h2-5,7,12H,6H2,1H3,(H,10,14);1-4H,(H,7,8);3,6H,2,5H2,1H3;1H/p+1/t7-;;3-;/m0.0./s1. The highest BCUT2D eigenvalue weighted by atomic mass is 35.5. The predicted octanol–water partition coefficient (Wildman–Crippen LogP) is -1.22. The van der Waals surface area contributed by atoms with E-state index in [1.54, 1.807) is 24.3 Å². The van der Waals surface area contributed by atoms with Crippen LogP contribution in [-0.4, -0.2) is 88.0 Å². The summed E-state index contributed by atoms with van der Waals surface area (Å²) in [5.41, 5.74) is 3.30. The largest absolute Gasteiger partial charge is 0.467 e. The number of quaternary nitrogens is 1. The molecule has 0 unspecified atom stereocenters. The molecule has 2 atom stereocenters. The van der Waals surface area contributed by atoms with Gasteiger partial charge in [-0.25, -0.2) is 19.2 Å². The molecule has 2 rings (SSSR count). The second kappa shape index (κ2) is 17.3. The summed E-state index contributed by atoms with van der Waals surface area (Å²) in [6, 6.07) is 4.49. The van der Waals surface area contributed by atoms with Crippen molar-refractivity contribution < 1.29 is 49.7 Å². The van der Waals surface area contributed by atoms with Crippen LogP contribution >= 0.6 is 12.4 Å². The predicted molar refractivity (Wildman–Crippen MR) is 112 cm³/mol. The van der Waals surface area contributed by atoms with E-state index in [9.17, 15) is 19.2 Å². The summed E-state index contributed by atoms with van der Waals surface area (Å²) in [7, 11) is 2.45. The van der Waals surface area contributed by atoms with Gasteiger partial charge in [0, 0.05) is 24.8 Å². The van der Waals surface area contributed by atoms with Gasteiger partial charge in [-0.15, -0.1) is 12.4 Å². The highest BCUT2D eigenvalue weighted by Crippen LogP contribution is 1.92. The van der Waals surface area contributed by atoms with Crippen LogP contribution in [0.25, 0.3) is 0 Å². The highest BCUT2D eigenvalue weighted by Gasteiger charge is 2.20. The van der Waals surface area contributed by atoms with E-state index < -0.39 is 42.8 Å². The molecule has 0 aromatic carbocycles. The molecule has 1 amide bonds. The number of aromatic nitrogens is 2. The van der Waals surface area contributed by atoms with E-state index >= 15 is 0 Å². The number of esters is 2. The quantitative estimate of drug-likeness (QED) is 0.326. The van der Waals surface area contributed by atoms with Gasteiger partial charge in [0.1, 0.15) is 6.61 Å². The molecule has 2 aromatic heterocycles. The SMILES string of the molecule is COC(=O)[C@@H]([NH3+])CO.COC(=O)[C@H](CO)NC(=O)n1cccc1.Cl.O=C(O)n1cccc1. The van der Waals surface area contributed by atoms with E-state index in [-0.39, 0.29) is 19.0 Å². The number of halogens is 1. The van der Waals surface area contributed by atoms with Gasteiger partial charge in [0.15, 0.2) is 6.04 Å². The summed E-state index contributed by atoms with van der Waals surface area (Å²) in [5.74, 6) is -1.16.